The summed E-state index contributed by atoms with van der Waals surface area (Å²) in [5, 5.41) is 22.2. The normalized spacial score (nSPS) is 13.8. The van der Waals surface area contributed by atoms with Gasteiger partial charge in [-0.15, -0.1) is 0 Å². The van der Waals surface area contributed by atoms with Crippen molar-refractivity contribution in [1.29, 1.82) is 0 Å². The van der Waals surface area contributed by atoms with Crippen LogP contribution < -0.4 is 0 Å². The Morgan fingerprint density at radius 1 is 0.944 bits per heavy atom. The highest BCUT2D eigenvalue weighted by molar-refractivity contribution is 5.96. The Bertz CT molecular complexity index is 654. The zero-order valence-electron chi connectivity index (χ0n) is 10.4. The Morgan fingerprint density at radius 2 is 1.56 bits per heavy atom. The van der Waals surface area contributed by atoms with Gasteiger partial charge in [0.05, 0.1) is 0 Å². The lowest BCUT2D eigenvalue weighted by Gasteiger charge is -2.18. The molecule has 2 nitrogen and oxygen atoms in total. The molecule has 2 N–H and O–H groups in total. The van der Waals surface area contributed by atoms with Gasteiger partial charge in [0.1, 0.15) is 11.5 Å². The summed E-state index contributed by atoms with van der Waals surface area (Å²) in [6.45, 7) is 2.08. The van der Waals surface area contributed by atoms with E-state index in [4.69, 9.17) is 0 Å². The molecule has 0 aromatic heterocycles. The van der Waals surface area contributed by atoms with Crippen molar-refractivity contribution in [2.45, 2.75) is 26.2 Å². The van der Waals surface area contributed by atoms with Crippen LogP contribution >= 0.6 is 0 Å². The Labute approximate surface area is 106 Å². The summed E-state index contributed by atoms with van der Waals surface area (Å²) in [6.07, 6.45) is 6.39. The third kappa shape index (κ3) is 1.49. The molecular formula is C16H16O2. The lowest BCUT2D eigenvalue weighted by molar-refractivity contribution is 0.459. The van der Waals surface area contributed by atoms with Gasteiger partial charge in [-0.05, 0) is 30.9 Å². The molecule has 0 fully saturated rings. The molecule has 0 heterocycles. The molecule has 0 atom stereocenters. The third-order valence-electron chi connectivity index (χ3n) is 3.75. The summed E-state index contributed by atoms with van der Waals surface area (Å²) in [5.41, 5.74) is 2.91. The Morgan fingerprint density at radius 3 is 2.17 bits per heavy atom. The smallest absolute Gasteiger partial charge is 0.127 e. The third-order valence-corrected chi connectivity index (χ3v) is 3.75. The summed E-state index contributed by atoms with van der Waals surface area (Å²) in [5.74, 6) is 0.655. The minimum Gasteiger partial charge on any atom is -0.507 e. The van der Waals surface area contributed by atoms with Crippen LogP contribution in [0.5, 0.6) is 11.5 Å². The molecule has 0 spiro atoms. The molecule has 2 aromatic carbocycles. The van der Waals surface area contributed by atoms with Crippen LogP contribution in [0.1, 0.15) is 23.6 Å². The van der Waals surface area contributed by atoms with E-state index in [1.165, 1.54) is 5.56 Å². The van der Waals surface area contributed by atoms with Crippen LogP contribution in [0.3, 0.4) is 0 Å². The predicted octanol–water partition coefficient (Wildman–Crippen LogP) is 3.47. The van der Waals surface area contributed by atoms with Crippen molar-refractivity contribution in [3.63, 3.8) is 0 Å². The number of aromatic hydroxyl groups is 2. The van der Waals surface area contributed by atoms with Crippen LogP contribution in [0.25, 0.3) is 10.8 Å². The van der Waals surface area contributed by atoms with Crippen LogP contribution in [0.2, 0.25) is 0 Å². The molecule has 0 bridgehead atoms. The van der Waals surface area contributed by atoms with E-state index in [1.54, 1.807) is 0 Å². The van der Waals surface area contributed by atoms with Gasteiger partial charge in [-0.2, -0.15) is 0 Å². The molecule has 2 heteroatoms. The van der Waals surface area contributed by atoms with Crippen LogP contribution in [-0.2, 0) is 19.3 Å². The van der Waals surface area contributed by atoms with Gasteiger partial charge in [0.25, 0.3) is 0 Å². The average molecular weight is 240 g/mol. The minimum absolute atomic E-state index is 0.324. The molecule has 92 valence electrons. The van der Waals surface area contributed by atoms with Crippen LogP contribution in [-0.4, -0.2) is 10.2 Å². The summed E-state index contributed by atoms with van der Waals surface area (Å²) < 4.78 is 0. The van der Waals surface area contributed by atoms with E-state index in [9.17, 15) is 10.2 Å². The second-order valence-corrected chi connectivity index (χ2v) is 4.77. The number of fused-ring (bicyclic) bond motifs is 2. The maximum Gasteiger partial charge on any atom is 0.127 e. The fourth-order valence-corrected chi connectivity index (χ4v) is 2.67. The summed E-state index contributed by atoms with van der Waals surface area (Å²) in [4.78, 5) is 0. The van der Waals surface area contributed by atoms with Crippen molar-refractivity contribution < 1.29 is 10.2 Å². The molecule has 18 heavy (non-hydrogen) atoms. The highest BCUT2D eigenvalue weighted by atomic mass is 16.3. The highest BCUT2D eigenvalue weighted by Crippen LogP contribution is 2.41. The predicted molar refractivity (Wildman–Crippen MR) is 73.2 cm³/mol. The zero-order chi connectivity index (χ0) is 12.7. The Kier molecular flexibility index (Phi) is 2.51. The number of phenols is 2. The van der Waals surface area contributed by atoms with Crippen molar-refractivity contribution in [2.24, 2.45) is 0 Å². The Balaban J connectivity index is 2.38. The van der Waals surface area contributed by atoms with Crippen LogP contribution in [0.4, 0.5) is 0 Å². The van der Waals surface area contributed by atoms with E-state index < -0.39 is 0 Å². The van der Waals surface area contributed by atoms with Gasteiger partial charge in [0.2, 0.25) is 0 Å². The maximum absolute atomic E-state index is 10.4. The topological polar surface area (TPSA) is 40.5 Å². The maximum atomic E-state index is 10.4. The van der Waals surface area contributed by atoms with Gasteiger partial charge in [-0.1, -0.05) is 31.2 Å². The molecule has 0 saturated carbocycles. The first-order valence-electron chi connectivity index (χ1n) is 6.35. The van der Waals surface area contributed by atoms with E-state index in [0.29, 0.717) is 24.3 Å². The van der Waals surface area contributed by atoms with Crippen LogP contribution in [0.15, 0.2) is 30.4 Å². The van der Waals surface area contributed by atoms with Crippen LogP contribution in [0, 0.1) is 0 Å². The van der Waals surface area contributed by atoms with E-state index in [-0.39, 0.29) is 0 Å². The first-order valence-corrected chi connectivity index (χ1v) is 6.35. The quantitative estimate of drug-likeness (QED) is 0.592. The molecule has 0 saturated heterocycles. The molecule has 0 unspecified atom stereocenters. The molecule has 1 aliphatic carbocycles. The number of hydrogen-bond acceptors (Lipinski definition) is 2. The summed E-state index contributed by atoms with van der Waals surface area (Å²) in [6, 6.07) is 5.89. The number of phenolic OH excluding ortho intramolecular Hbond substituents is 2. The molecule has 2 aromatic rings. The Hall–Kier alpha value is -1.96. The fraction of sp³-hybridized carbons (Fsp3) is 0.250. The lowest BCUT2D eigenvalue weighted by atomic mass is 9.90. The number of rotatable bonds is 1. The van der Waals surface area contributed by atoms with Gasteiger partial charge >= 0.3 is 0 Å². The molecule has 1 aliphatic rings. The first kappa shape index (κ1) is 11.1. The van der Waals surface area contributed by atoms with Gasteiger partial charge in [-0.25, -0.2) is 0 Å². The highest BCUT2D eigenvalue weighted by Gasteiger charge is 2.19. The van der Waals surface area contributed by atoms with Gasteiger partial charge < -0.3 is 10.2 Å². The van der Waals surface area contributed by atoms with Crippen molar-refractivity contribution >= 4 is 10.8 Å². The standard InChI is InChI=1S/C16H16O2/c1-2-10-7-8-13-14(9-10)16(18)12-6-4-3-5-11(12)15(13)17/h3-4,7-9,17-18H,2,5-6H2,1H3. The SMILES string of the molecule is CCc1ccc2c(O)c3c(c(O)c2c1)CC=CC3. The van der Waals surface area contributed by atoms with Gasteiger partial charge in [0, 0.05) is 21.9 Å². The summed E-state index contributed by atoms with van der Waals surface area (Å²) in [7, 11) is 0. The first-order chi connectivity index (χ1) is 8.72. The largest absolute Gasteiger partial charge is 0.507 e. The zero-order valence-corrected chi connectivity index (χ0v) is 10.4. The lowest BCUT2D eigenvalue weighted by Crippen LogP contribution is -1.99. The average Bonchev–Trinajstić information content (AvgIpc) is 2.44. The molecular weight excluding hydrogens is 224 g/mol. The second kappa shape index (κ2) is 4.05. The minimum atomic E-state index is 0.324. The number of hydrogen-bond donors (Lipinski definition) is 2. The number of aryl methyl sites for hydroxylation is 1. The molecule has 0 amide bonds. The fourth-order valence-electron chi connectivity index (χ4n) is 2.67. The number of benzene rings is 2. The second-order valence-electron chi connectivity index (χ2n) is 4.77. The van der Waals surface area contributed by atoms with Gasteiger partial charge in [0.15, 0.2) is 0 Å². The van der Waals surface area contributed by atoms with E-state index in [2.05, 4.69) is 6.92 Å². The van der Waals surface area contributed by atoms with E-state index >= 15 is 0 Å². The summed E-state index contributed by atoms with van der Waals surface area (Å²) >= 11 is 0. The van der Waals surface area contributed by atoms with E-state index in [1.807, 2.05) is 30.4 Å². The molecule has 0 aliphatic heterocycles. The molecule has 0 radical (unpaired) electrons. The van der Waals surface area contributed by atoms with Gasteiger partial charge in [-0.3, -0.25) is 0 Å². The van der Waals surface area contributed by atoms with Crippen molar-refractivity contribution in [3.8, 4) is 11.5 Å². The monoisotopic (exact) mass is 240 g/mol. The van der Waals surface area contributed by atoms with Crippen molar-refractivity contribution in [3.05, 3.63) is 47.0 Å². The van der Waals surface area contributed by atoms with E-state index in [0.717, 1.165) is 28.3 Å². The number of allylic oxidation sites excluding steroid dienone is 2. The van der Waals surface area contributed by atoms with Crippen molar-refractivity contribution in [1.82, 2.24) is 0 Å². The molecule has 3 rings (SSSR count). The van der Waals surface area contributed by atoms with Crippen molar-refractivity contribution in [2.75, 3.05) is 0 Å².